The fourth-order valence-corrected chi connectivity index (χ4v) is 4.17. The molecule has 0 amide bonds. The van der Waals surface area contributed by atoms with E-state index < -0.39 is 0 Å². The van der Waals surface area contributed by atoms with Crippen LogP contribution in [0.4, 0.5) is 0 Å². The minimum absolute atomic E-state index is 0.173. The quantitative estimate of drug-likeness (QED) is 0.736. The molecule has 3 nitrogen and oxygen atoms in total. The number of benzene rings is 2. The second-order valence-corrected chi connectivity index (χ2v) is 7.46. The summed E-state index contributed by atoms with van der Waals surface area (Å²) in [4.78, 5) is 0.817. The van der Waals surface area contributed by atoms with Crippen molar-refractivity contribution in [1.82, 2.24) is 5.01 Å². The molecule has 0 aromatic heterocycles. The Morgan fingerprint density at radius 1 is 1.20 bits per heavy atom. The molecule has 4 rings (SSSR count). The predicted molar refractivity (Wildman–Crippen MR) is 105 cm³/mol. The lowest BCUT2D eigenvalue weighted by Crippen LogP contribution is -2.30. The number of hydrogen-bond donors (Lipinski definition) is 0. The first kappa shape index (κ1) is 16.3. The fourth-order valence-electron chi connectivity index (χ4n) is 4.02. The summed E-state index contributed by atoms with van der Waals surface area (Å²) in [7, 11) is 1.69. The minimum atomic E-state index is 0.173. The van der Waals surface area contributed by atoms with E-state index in [1.165, 1.54) is 28.0 Å². The number of ether oxygens (including phenoxy) is 1. The zero-order chi connectivity index (χ0) is 17.6. The molecule has 2 aliphatic rings. The molecule has 0 radical (unpaired) electrons. The molecular formula is C21H22N2OS. The molecule has 0 saturated carbocycles. The standard InChI is InChI=1S/C21H22N2OS/c1-13-4-5-15-8-11-18-20(19(15)12-13)22-23(14(2)25)21(18)16-6-9-17(24-3)10-7-16/h4-7,9-10,12,18,21H,8,11H2,1-3H3/t18-,21-/m1/s1. The molecule has 0 bridgehead atoms. The zero-order valence-electron chi connectivity index (χ0n) is 14.8. The molecule has 128 valence electrons. The Labute approximate surface area is 154 Å². The van der Waals surface area contributed by atoms with E-state index in [1.54, 1.807) is 7.11 Å². The molecule has 0 spiro atoms. The lowest BCUT2D eigenvalue weighted by Gasteiger charge is -2.30. The summed E-state index contributed by atoms with van der Waals surface area (Å²) < 4.78 is 5.30. The number of methoxy groups -OCH3 is 1. The zero-order valence-corrected chi connectivity index (χ0v) is 15.6. The summed E-state index contributed by atoms with van der Waals surface area (Å²) >= 11 is 5.52. The number of thiocarbonyl (C=S) groups is 1. The lowest BCUT2D eigenvalue weighted by atomic mass is 9.77. The maximum atomic E-state index is 5.52. The van der Waals surface area contributed by atoms with Gasteiger partial charge in [-0.1, -0.05) is 42.0 Å². The van der Waals surface area contributed by atoms with Crippen molar-refractivity contribution in [3.8, 4) is 5.75 Å². The van der Waals surface area contributed by atoms with Crippen LogP contribution in [0.2, 0.25) is 0 Å². The van der Waals surface area contributed by atoms with Crippen molar-refractivity contribution in [3.63, 3.8) is 0 Å². The molecule has 1 heterocycles. The minimum Gasteiger partial charge on any atom is -0.497 e. The Bertz CT molecular complexity index is 857. The highest BCUT2D eigenvalue weighted by Crippen LogP contribution is 2.43. The summed E-state index contributed by atoms with van der Waals surface area (Å²) in [6, 6.07) is 15.2. The Hall–Kier alpha value is -2.20. The van der Waals surface area contributed by atoms with E-state index in [1.807, 2.05) is 24.1 Å². The van der Waals surface area contributed by atoms with Gasteiger partial charge in [0.2, 0.25) is 0 Å². The third-order valence-electron chi connectivity index (χ3n) is 5.26. The molecule has 0 saturated heterocycles. The molecule has 1 aliphatic carbocycles. The van der Waals surface area contributed by atoms with Crippen molar-refractivity contribution in [1.29, 1.82) is 0 Å². The van der Waals surface area contributed by atoms with Gasteiger partial charge in [-0.25, -0.2) is 0 Å². The van der Waals surface area contributed by atoms with Crippen LogP contribution in [0.15, 0.2) is 47.6 Å². The average molecular weight is 350 g/mol. The van der Waals surface area contributed by atoms with Gasteiger partial charge in [-0.3, -0.25) is 5.01 Å². The highest BCUT2D eigenvalue weighted by atomic mass is 32.1. The van der Waals surface area contributed by atoms with Crippen LogP contribution in [-0.4, -0.2) is 22.8 Å². The van der Waals surface area contributed by atoms with Crippen molar-refractivity contribution in [2.45, 2.75) is 32.7 Å². The highest BCUT2D eigenvalue weighted by molar-refractivity contribution is 7.80. The third-order valence-corrected chi connectivity index (χ3v) is 5.44. The molecule has 2 aromatic rings. The van der Waals surface area contributed by atoms with E-state index in [0.717, 1.165) is 23.6 Å². The molecule has 0 N–H and O–H groups in total. The molecule has 2 atom stereocenters. The number of nitrogens with zero attached hydrogens (tertiary/aromatic N) is 2. The SMILES string of the molecule is COc1ccc([C@@H]2[C@@H]3CCc4ccc(C)cc4C3=NN2C(C)=S)cc1. The van der Waals surface area contributed by atoms with Gasteiger partial charge in [0.05, 0.1) is 23.9 Å². The monoisotopic (exact) mass is 350 g/mol. The summed E-state index contributed by atoms with van der Waals surface area (Å²) in [6.07, 6.45) is 2.20. The van der Waals surface area contributed by atoms with E-state index in [9.17, 15) is 0 Å². The van der Waals surface area contributed by atoms with Crippen molar-refractivity contribution in [3.05, 3.63) is 64.7 Å². The van der Waals surface area contributed by atoms with Crippen LogP contribution in [0.1, 0.15) is 41.6 Å². The number of hydrazone groups is 1. The summed E-state index contributed by atoms with van der Waals surface area (Å²) in [5.74, 6) is 1.25. The third kappa shape index (κ3) is 2.74. The van der Waals surface area contributed by atoms with Crippen LogP contribution in [0.25, 0.3) is 0 Å². The Morgan fingerprint density at radius 3 is 2.64 bits per heavy atom. The van der Waals surface area contributed by atoms with Crippen LogP contribution in [0, 0.1) is 12.8 Å². The van der Waals surface area contributed by atoms with E-state index >= 15 is 0 Å². The molecule has 1 aliphatic heterocycles. The predicted octanol–water partition coefficient (Wildman–Crippen LogP) is 4.67. The molecule has 4 heteroatoms. The maximum absolute atomic E-state index is 5.52. The normalized spacial score (nSPS) is 21.4. The molecule has 0 unspecified atom stereocenters. The van der Waals surface area contributed by atoms with E-state index in [0.29, 0.717) is 5.92 Å². The maximum Gasteiger partial charge on any atom is 0.118 e. The smallest absolute Gasteiger partial charge is 0.118 e. The highest BCUT2D eigenvalue weighted by Gasteiger charge is 2.42. The average Bonchev–Trinajstić information content (AvgIpc) is 3.02. The molecule has 25 heavy (non-hydrogen) atoms. The van der Waals surface area contributed by atoms with Gasteiger partial charge in [0.1, 0.15) is 5.75 Å². The fraction of sp³-hybridized carbons (Fsp3) is 0.333. The first-order valence-electron chi connectivity index (χ1n) is 8.70. The van der Waals surface area contributed by atoms with Gasteiger partial charge in [0, 0.05) is 11.5 Å². The number of aryl methyl sites for hydroxylation is 2. The first-order valence-corrected chi connectivity index (χ1v) is 9.11. The van der Waals surface area contributed by atoms with Gasteiger partial charge < -0.3 is 4.74 Å². The summed E-state index contributed by atoms with van der Waals surface area (Å²) in [5, 5.41) is 7.01. The van der Waals surface area contributed by atoms with Crippen molar-refractivity contribution < 1.29 is 4.74 Å². The van der Waals surface area contributed by atoms with Crippen LogP contribution in [0.5, 0.6) is 5.75 Å². The molecule has 2 aromatic carbocycles. The van der Waals surface area contributed by atoms with Gasteiger partial charge in [0.25, 0.3) is 0 Å². The Kier molecular flexibility index (Phi) is 4.08. The van der Waals surface area contributed by atoms with E-state index in [2.05, 4.69) is 37.3 Å². The van der Waals surface area contributed by atoms with Crippen LogP contribution in [-0.2, 0) is 6.42 Å². The Balaban J connectivity index is 1.78. The number of rotatable bonds is 2. The topological polar surface area (TPSA) is 24.8 Å². The summed E-state index contributed by atoms with van der Waals surface area (Å²) in [6.45, 7) is 4.10. The van der Waals surface area contributed by atoms with Gasteiger partial charge in [-0.2, -0.15) is 5.10 Å². The first-order chi connectivity index (χ1) is 12.1. The van der Waals surface area contributed by atoms with Gasteiger partial charge >= 0.3 is 0 Å². The van der Waals surface area contributed by atoms with Gasteiger partial charge in [0.15, 0.2) is 0 Å². The van der Waals surface area contributed by atoms with Crippen molar-refractivity contribution in [2.75, 3.05) is 7.11 Å². The largest absolute Gasteiger partial charge is 0.497 e. The van der Waals surface area contributed by atoms with Crippen molar-refractivity contribution >= 4 is 22.9 Å². The van der Waals surface area contributed by atoms with Crippen LogP contribution in [0.3, 0.4) is 0 Å². The summed E-state index contributed by atoms with van der Waals surface area (Å²) in [5.41, 5.74) is 6.41. The van der Waals surface area contributed by atoms with Crippen LogP contribution >= 0.6 is 12.2 Å². The second-order valence-electron chi connectivity index (χ2n) is 6.87. The van der Waals surface area contributed by atoms with Crippen molar-refractivity contribution in [2.24, 2.45) is 11.0 Å². The molecule has 0 fully saturated rings. The van der Waals surface area contributed by atoms with Crippen LogP contribution < -0.4 is 4.74 Å². The molecular weight excluding hydrogens is 328 g/mol. The van der Waals surface area contributed by atoms with E-state index in [4.69, 9.17) is 22.1 Å². The lowest BCUT2D eigenvalue weighted by molar-refractivity contribution is 0.310. The van der Waals surface area contributed by atoms with E-state index in [-0.39, 0.29) is 6.04 Å². The number of hydrogen-bond acceptors (Lipinski definition) is 3. The Morgan fingerprint density at radius 2 is 1.96 bits per heavy atom. The van der Waals surface area contributed by atoms with Gasteiger partial charge in [-0.05, 0) is 56.0 Å². The second kappa shape index (κ2) is 6.26. The number of fused-ring (bicyclic) bond motifs is 3. The van der Waals surface area contributed by atoms with Gasteiger partial charge in [-0.15, -0.1) is 0 Å².